The first kappa shape index (κ1) is 16.5. The molecular weight excluding hydrogens is 390 g/mol. The van der Waals surface area contributed by atoms with Crippen LogP contribution in [0, 0.1) is 0 Å². The van der Waals surface area contributed by atoms with Gasteiger partial charge in [0.1, 0.15) is 5.75 Å². The zero-order valence-corrected chi connectivity index (χ0v) is 15.7. The lowest BCUT2D eigenvalue weighted by Gasteiger charge is -2.14. The fourth-order valence-corrected chi connectivity index (χ4v) is 3.52. The van der Waals surface area contributed by atoms with Crippen LogP contribution in [0.3, 0.4) is 0 Å². The van der Waals surface area contributed by atoms with Gasteiger partial charge in [-0.1, -0.05) is 52.3 Å². The van der Waals surface area contributed by atoms with Crippen molar-refractivity contribution in [2.24, 2.45) is 0 Å². The molecule has 0 saturated carbocycles. The van der Waals surface area contributed by atoms with Crippen molar-refractivity contribution in [3.8, 4) is 28.1 Å². The maximum absolute atomic E-state index is 5.92. The van der Waals surface area contributed by atoms with Crippen LogP contribution >= 0.6 is 15.9 Å². The van der Waals surface area contributed by atoms with E-state index in [1.165, 1.54) is 0 Å². The van der Waals surface area contributed by atoms with E-state index >= 15 is 0 Å². The number of fused-ring (bicyclic) bond motifs is 1. The van der Waals surface area contributed by atoms with Gasteiger partial charge in [-0.05, 0) is 35.2 Å². The van der Waals surface area contributed by atoms with E-state index in [4.69, 9.17) is 10.5 Å². The first-order valence-corrected chi connectivity index (χ1v) is 8.91. The number of nitrogens with zero attached hydrogens (tertiary/aromatic N) is 2. The van der Waals surface area contributed by atoms with Crippen LogP contribution in [0.5, 0.6) is 5.75 Å². The molecule has 1 heterocycles. The lowest BCUT2D eigenvalue weighted by atomic mass is 9.96. The van der Waals surface area contributed by atoms with Crippen molar-refractivity contribution in [2.75, 3.05) is 12.8 Å². The van der Waals surface area contributed by atoms with Crippen LogP contribution in [0.1, 0.15) is 0 Å². The highest BCUT2D eigenvalue weighted by atomic mass is 79.9. The molecule has 0 spiro atoms. The number of nitrogen functional groups attached to an aromatic ring is 1. The molecule has 0 unspecified atom stereocenters. The first-order chi connectivity index (χ1) is 12.7. The van der Waals surface area contributed by atoms with Crippen LogP contribution in [0.4, 0.5) is 5.95 Å². The Morgan fingerprint density at radius 2 is 1.73 bits per heavy atom. The van der Waals surface area contributed by atoms with Gasteiger partial charge in [0, 0.05) is 27.2 Å². The van der Waals surface area contributed by atoms with Crippen LogP contribution in [-0.4, -0.2) is 17.1 Å². The summed E-state index contributed by atoms with van der Waals surface area (Å²) in [7, 11) is 1.68. The topological polar surface area (TPSA) is 61.0 Å². The standard InChI is InChI=1S/C21H16BrN3O/c1-26-19-10-9-17(15-7-2-3-8-16(15)19)20-18(12-24-21(23)25-20)13-5-4-6-14(22)11-13/h2-12H,1H3,(H2,23,24,25). The Balaban J connectivity index is 2.03. The highest BCUT2D eigenvalue weighted by Crippen LogP contribution is 2.38. The second-order valence-corrected chi connectivity index (χ2v) is 6.78. The molecule has 0 amide bonds. The zero-order chi connectivity index (χ0) is 18.1. The number of rotatable bonds is 3. The maximum Gasteiger partial charge on any atom is 0.220 e. The molecule has 2 N–H and O–H groups in total. The number of aromatic nitrogens is 2. The molecule has 0 aliphatic carbocycles. The van der Waals surface area contributed by atoms with Gasteiger partial charge in [0.25, 0.3) is 0 Å². The van der Waals surface area contributed by atoms with E-state index in [0.717, 1.165) is 43.4 Å². The van der Waals surface area contributed by atoms with E-state index in [0.29, 0.717) is 0 Å². The lowest BCUT2D eigenvalue weighted by molar-refractivity contribution is 0.420. The van der Waals surface area contributed by atoms with Gasteiger partial charge < -0.3 is 10.5 Å². The molecule has 0 atom stereocenters. The lowest BCUT2D eigenvalue weighted by Crippen LogP contribution is -1.99. The van der Waals surface area contributed by atoms with E-state index < -0.39 is 0 Å². The molecule has 0 fully saturated rings. The zero-order valence-electron chi connectivity index (χ0n) is 14.1. The Bertz CT molecular complexity index is 1110. The van der Waals surface area contributed by atoms with Crippen molar-refractivity contribution in [1.29, 1.82) is 0 Å². The number of benzene rings is 3. The largest absolute Gasteiger partial charge is 0.496 e. The van der Waals surface area contributed by atoms with Crippen molar-refractivity contribution >= 4 is 32.7 Å². The van der Waals surface area contributed by atoms with E-state index in [1.807, 2.05) is 54.6 Å². The van der Waals surface area contributed by atoms with Crippen LogP contribution in [-0.2, 0) is 0 Å². The van der Waals surface area contributed by atoms with Crippen LogP contribution in [0.2, 0.25) is 0 Å². The maximum atomic E-state index is 5.92. The summed E-state index contributed by atoms with van der Waals surface area (Å²) in [5.74, 6) is 1.08. The predicted octanol–water partition coefficient (Wildman–Crippen LogP) is 5.32. The number of ether oxygens (including phenoxy) is 1. The van der Waals surface area contributed by atoms with Crippen molar-refractivity contribution in [1.82, 2.24) is 9.97 Å². The SMILES string of the molecule is COc1ccc(-c2nc(N)ncc2-c2cccc(Br)c2)c2ccccc12. The Labute approximate surface area is 159 Å². The summed E-state index contributed by atoms with van der Waals surface area (Å²) in [5.41, 5.74) is 9.66. The summed E-state index contributed by atoms with van der Waals surface area (Å²) in [6.45, 7) is 0. The third-order valence-corrected chi connectivity index (χ3v) is 4.80. The van der Waals surface area contributed by atoms with Gasteiger partial charge in [0.2, 0.25) is 5.95 Å². The quantitative estimate of drug-likeness (QED) is 0.501. The van der Waals surface area contributed by atoms with Gasteiger partial charge >= 0.3 is 0 Å². The molecule has 5 heteroatoms. The molecule has 26 heavy (non-hydrogen) atoms. The summed E-state index contributed by atoms with van der Waals surface area (Å²) in [4.78, 5) is 8.78. The second-order valence-electron chi connectivity index (χ2n) is 5.86. The number of halogens is 1. The minimum atomic E-state index is 0.249. The van der Waals surface area contributed by atoms with E-state index in [2.05, 4.69) is 32.0 Å². The molecule has 4 aromatic rings. The normalized spacial score (nSPS) is 10.8. The smallest absolute Gasteiger partial charge is 0.220 e. The number of methoxy groups -OCH3 is 1. The fraction of sp³-hybridized carbons (Fsp3) is 0.0476. The number of anilines is 1. The molecular formula is C21H16BrN3O. The van der Waals surface area contributed by atoms with Crippen LogP contribution in [0.25, 0.3) is 33.2 Å². The Morgan fingerprint density at radius 1 is 0.923 bits per heavy atom. The molecule has 128 valence electrons. The minimum absolute atomic E-state index is 0.249. The Kier molecular flexibility index (Phi) is 4.31. The predicted molar refractivity (Wildman–Crippen MR) is 109 cm³/mol. The fourth-order valence-electron chi connectivity index (χ4n) is 3.12. The molecule has 4 nitrogen and oxygen atoms in total. The summed E-state index contributed by atoms with van der Waals surface area (Å²) < 4.78 is 6.51. The van der Waals surface area contributed by atoms with Gasteiger partial charge in [-0.15, -0.1) is 0 Å². The number of hydrogen-bond acceptors (Lipinski definition) is 4. The first-order valence-electron chi connectivity index (χ1n) is 8.12. The van der Waals surface area contributed by atoms with E-state index in [-0.39, 0.29) is 5.95 Å². The van der Waals surface area contributed by atoms with Crippen LogP contribution in [0.15, 0.2) is 71.3 Å². The van der Waals surface area contributed by atoms with Crippen LogP contribution < -0.4 is 10.5 Å². The Hall–Kier alpha value is -2.92. The molecule has 4 rings (SSSR count). The third-order valence-electron chi connectivity index (χ3n) is 4.30. The summed E-state index contributed by atoms with van der Waals surface area (Å²) in [5, 5.41) is 2.09. The number of nitrogens with two attached hydrogens (primary N) is 1. The molecule has 0 bridgehead atoms. The summed E-state index contributed by atoms with van der Waals surface area (Å²) >= 11 is 3.53. The summed E-state index contributed by atoms with van der Waals surface area (Å²) in [6.07, 6.45) is 1.78. The average molecular weight is 406 g/mol. The van der Waals surface area contributed by atoms with Crippen molar-refractivity contribution < 1.29 is 4.74 Å². The average Bonchev–Trinajstić information content (AvgIpc) is 2.67. The molecule has 0 aliphatic rings. The second kappa shape index (κ2) is 6.77. The van der Waals surface area contributed by atoms with Gasteiger partial charge in [-0.25, -0.2) is 9.97 Å². The summed E-state index contributed by atoms with van der Waals surface area (Å²) in [6, 6.07) is 20.2. The molecule has 0 radical (unpaired) electrons. The van der Waals surface area contributed by atoms with Gasteiger partial charge in [0.05, 0.1) is 12.8 Å². The molecule has 3 aromatic carbocycles. The third kappa shape index (κ3) is 2.91. The minimum Gasteiger partial charge on any atom is -0.496 e. The molecule has 0 aliphatic heterocycles. The van der Waals surface area contributed by atoms with Gasteiger partial charge in [-0.3, -0.25) is 0 Å². The van der Waals surface area contributed by atoms with Crippen molar-refractivity contribution in [3.05, 3.63) is 71.3 Å². The van der Waals surface area contributed by atoms with Crippen molar-refractivity contribution in [2.45, 2.75) is 0 Å². The van der Waals surface area contributed by atoms with Gasteiger partial charge in [-0.2, -0.15) is 0 Å². The van der Waals surface area contributed by atoms with E-state index in [9.17, 15) is 0 Å². The molecule has 1 aromatic heterocycles. The molecule has 0 saturated heterocycles. The van der Waals surface area contributed by atoms with E-state index in [1.54, 1.807) is 13.3 Å². The van der Waals surface area contributed by atoms with Crippen molar-refractivity contribution in [3.63, 3.8) is 0 Å². The monoisotopic (exact) mass is 405 g/mol. The van der Waals surface area contributed by atoms with Gasteiger partial charge in [0.15, 0.2) is 0 Å². The number of hydrogen-bond donors (Lipinski definition) is 1. The Morgan fingerprint density at radius 3 is 2.50 bits per heavy atom. The highest BCUT2D eigenvalue weighted by Gasteiger charge is 2.15. The highest BCUT2D eigenvalue weighted by molar-refractivity contribution is 9.10.